The fourth-order valence-electron chi connectivity index (χ4n) is 2.28. The van der Waals surface area contributed by atoms with Crippen molar-refractivity contribution in [3.8, 4) is 5.75 Å². The van der Waals surface area contributed by atoms with E-state index in [-0.39, 0.29) is 24.4 Å². The van der Waals surface area contributed by atoms with Gasteiger partial charge >= 0.3 is 0 Å². The van der Waals surface area contributed by atoms with Crippen LogP contribution in [0.1, 0.15) is 28.4 Å². The number of ether oxygens (including phenoxy) is 1. The molecule has 0 saturated heterocycles. The van der Waals surface area contributed by atoms with E-state index in [0.29, 0.717) is 17.9 Å². The number of nitrogens with one attached hydrogen (secondary N) is 1. The highest BCUT2D eigenvalue weighted by molar-refractivity contribution is 5.99. The van der Waals surface area contributed by atoms with Gasteiger partial charge in [-0.1, -0.05) is 30.3 Å². The van der Waals surface area contributed by atoms with Crippen molar-refractivity contribution in [2.75, 3.05) is 12.3 Å². The molecule has 2 aromatic carbocycles. The Hall–Kier alpha value is -2.20. The zero-order valence-corrected chi connectivity index (χ0v) is 14.4. The van der Waals surface area contributed by atoms with Gasteiger partial charge in [-0.3, -0.25) is 4.79 Å². The van der Waals surface area contributed by atoms with Gasteiger partial charge in [-0.05, 0) is 44.0 Å². The van der Waals surface area contributed by atoms with Crippen LogP contribution in [-0.2, 0) is 0 Å². The molecule has 0 fully saturated rings. The highest BCUT2D eigenvalue weighted by Gasteiger charge is 2.13. The number of hydrogen-bond acceptors (Lipinski definition) is 3. The van der Waals surface area contributed by atoms with Crippen molar-refractivity contribution in [3.05, 3.63) is 59.2 Å². The number of benzene rings is 2. The number of nitrogens with two attached hydrogens (primary N) is 1. The number of anilines is 1. The summed E-state index contributed by atoms with van der Waals surface area (Å²) in [5.41, 5.74) is 8.95. The van der Waals surface area contributed by atoms with Crippen LogP contribution in [0, 0.1) is 13.8 Å². The lowest BCUT2D eigenvalue weighted by Gasteiger charge is -2.18. The minimum absolute atomic E-state index is 0. The van der Waals surface area contributed by atoms with Gasteiger partial charge in [0.15, 0.2) is 0 Å². The highest BCUT2D eigenvalue weighted by Crippen LogP contribution is 2.22. The van der Waals surface area contributed by atoms with Gasteiger partial charge in [0.2, 0.25) is 0 Å². The third kappa shape index (κ3) is 4.89. The summed E-state index contributed by atoms with van der Waals surface area (Å²) in [6, 6.07) is 12.9. The predicted octanol–water partition coefficient (Wildman–Crippen LogP) is 3.50. The largest absolute Gasteiger partial charge is 0.491 e. The van der Waals surface area contributed by atoms with Gasteiger partial charge in [0.05, 0.1) is 11.6 Å². The molecule has 0 heterocycles. The lowest BCUT2D eigenvalue weighted by molar-refractivity contribution is 0.0927. The maximum Gasteiger partial charge on any atom is 0.253 e. The lowest BCUT2D eigenvalue weighted by Crippen LogP contribution is -2.37. The molecule has 1 unspecified atom stereocenters. The van der Waals surface area contributed by atoms with E-state index in [0.717, 1.165) is 16.9 Å². The topological polar surface area (TPSA) is 64.3 Å². The van der Waals surface area contributed by atoms with Crippen molar-refractivity contribution in [1.82, 2.24) is 5.32 Å². The molecule has 0 radical (unpaired) electrons. The van der Waals surface area contributed by atoms with Crippen LogP contribution in [0.5, 0.6) is 5.75 Å². The average molecular weight is 335 g/mol. The van der Waals surface area contributed by atoms with Gasteiger partial charge in [-0.25, -0.2) is 0 Å². The molecule has 124 valence electrons. The molecular weight excluding hydrogens is 312 g/mol. The van der Waals surface area contributed by atoms with Crippen LogP contribution < -0.4 is 15.8 Å². The van der Waals surface area contributed by atoms with Gasteiger partial charge in [0.25, 0.3) is 5.91 Å². The lowest BCUT2D eigenvalue weighted by atomic mass is 10.1. The second-order valence-corrected chi connectivity index (χ2v) is 5.49. The highest BCUT2D eigenvalue weighted by atomic mass is 35.5. The molecule has 0 aliphatic rings. The fraction of sp³-hybridized carbons (Fsp3) is 0.278. The molecule has 3 N–H and O–H groups in total. The Bertz CT molecular complexity index is 654. The van der Waals surface area contributed by atoms with Crippen LogP contribution in [0.2, 0.25) is 0 Å². The summed E-state index contributed by atoms with van der Waals surface area (Å²) in [5.74, 6) is 0.693. The number of para-hydroxylation sites is 2. The first-order valence-electron chi connectivity index (χ1n) is 7.33. The Morgan fingerprint density at radius 3 is 2.35 bits per heavy atom. The van der Waals surface area contributed by atoms with E-state index in [9.17, 15) is 4.79 Å². The van der Waals surface area contributed by atoms with Crippen molar-refractivity contribution in [1.29, 1.82) is 0 Å². The maximum absolute atomic E-state index is 12.2. The molecule has 4 nitrogen and oxygen atoms in total. The second kappa shape index (κ2) is 8.44. The molecule has 0 spiro atoms. The predicted molar refractivity (Wildman–Crippen MR) is 96.4 cm³/mol. The summed E-state index contributed by atoms with van der Waals surface area (Å²) in [4.78, 5) is 12.2. The van der Waals surface area contributed by atoms with E-state index in [1.165, 1.54) is 0 Å². The first-order valence-corrected chi connectivity index (χ1v) is 7.33. The van der Waals surface area contributed by atoms with E-state index < -0.39 is 0 Å². The van der Waals surface area contributed by atoms with Gasteiger partial charge in [-0.15, -0.1) is 12.4 Å². The van der Waals surface area contributed by atoms with Gasteiger partial charge < -0.3 is 15.8 Å². The standard InChI is InChI=1S/C18H22N2O2.ClH/c1-12-7-6-8-13(2)17(12)22-11-14(3)20-18(21)15-9-4-5-10-16(15)19;/h4-10,14H,11,19H2,1-3H3,(H,20,21);1H. The summed E-state index contributed by atoms with van der Waals surface area (Å²) < 4.78 is 5.85. The minimum atomic E-state index is -0.185. The molecule has 5 heteroatoms. The van der Waals surface area contributed by atoms with Crippen LogP contribution in [0.15, 0.2) is 42.5 Å². The number of carbonyl (C=O) groups excluding carboxylic acids is 1. The Morgan fingerprint density at radius 2 is 1.74 bits per heavy atom. The zero-order chi connectivity index (χ0) is 16.1. The zero-order valence-electron chi connectivity index (χ0n) is 13.6. The first-order chi connectivity index (χ1) is 10.5. The Balaban J connectivity index is 0.00000264. The smallest absolute Gasteiger partial charge is 0.253 e. The number of carbonyl (C=O) groups is 1. The number of halogens is 1. The Morgan fingerprint density at radius 1 is 1.13 bits per heavy atom. The average Bonchev–Trinajstić information content (AvgIpc) is 2.47. The van der Waals surface area contributed by atoms with Crippen LogP contribution >= 0.6 is 12.4 Å². The SMILES string of the molecule is Cc1cccc(C)c1OCC(C)NC(=O)c1ccccc1N.Cl. The molecule has 1 amide bonds. The molecule has 0 bridgehead atoms. The Kier molecular flexibility index (Phi) is 6.91. The van der Waals surface area contributed by atoms with E-state index in [4.69, 9.17) is 10.5 Å². The monoisotopic (exact) mass is 334 g/mol. The minimum Gasteiger partial charge on any atom is -0.491 e. The van der Waals surface area contributed by atoms with Crippen molar-refractivity contribution >= 4 is 24.0 Å². The van der Waals surface area contributed by atoms with Gasteiger partial charge in [-0.2, -0.15) is 0 Å². The van der Waals surface area contributed by atoms with Gasteiger partial charge in [0, 0.05) is 5.69 Å². The van der Waals surface area contributed by atoms with Crippen molar-refractivity contribution < 1.29 is 9.53 Å². The number of hydrogen-bond donors (Lipinski definition) is 2. The van der Waals surface area contributed by atoms with E-state index in [1.54, 1.807) is 24.3 Å². The molecule has 0 aromatic heterocycles. The second-order valence-electron chi connectivity index (χ2n) is 5.49. The molecule has 23 heavy (non-hydrogen) atoms. The normalized spacial score (nSPS) is 11.3. The molecule has 0 saturated carbocycles. The molecule has 1 atom stereocenters. The summed E-state index contributed by atoms with van der Waals surface area (Å²) in [5, 5.41) is 2.90. The van der Waals surface area contributed by atoms with Crippen molar-refractivity contribution in [2.45, 2.75) is 26.8 Å². The number of rotatable bonds is 5. The maximum atomic E-state index is 12.2. The fourth-order valence-corrected chi connectivity index (χ4v) is 2.28. The quantitative estimate of drug-likeness (QED) is 0.822. The van der Waals surface area contributed by atoms with E-state index in [1.807, 2.05) is 39.0 Å². The summed E-state index contributed by atoms with van der Waals surface area (Å²) >= 11 is 0. The number of aryl methyl sites for hydroxylation is 2. The third-order valence-electron chi connectivity index (χ3n) is 3.47. The van der Waals surface area contributed by atoms with Crippen LogP contribution in [-0.4, -0.2) is 18.6 Å². The molecular formula is C18H23ClN2O2. The number of nitrogen functional groups attached to an aromatic ring is 1. The Labute approximate surface area is 143 Å². The number of amides is 1. The van der Waals surface area contributed by atoms with Crippen molar-refractivity contribution in [2.24, 2.45) is 0 Å². The summed E-state index contributed by atoms with van der Waals surface area (Å²) in [6.45, 7) is 6.33. The first kappa shape index (κ1) is 18.8. The molecule has 2 aromatic rings. The van der Waals surface area contributed by atoms with E-state index >= 15 is 0 Å². The van der Waals surface area contributed by atoms with Crippen molar-refractivity contribution in [3.63, 3.8) is 0 Å². The van der Waals surface area contributed by atoms with Crippen LogP contribution in [0.25, 0.3) is 0 Å². The van der Waals surface area contributed by atoms with Crippen LogP contribution in [0.3, 0.4) is 0 Å². The third-order valence-corrected chi connectivity index (χ3v) is 3.47. The molecule has 2 rings (SSSR count). The summed E-state index contributed by atoms with van der Waals surface area (Å²) in [6.07, 6.45) is 0. The molecule has 0 aliphatic heterocycles. The van der Waals surface area contributed by atoms with Gasteiger partial charge in [0.1, 0.15) is 12.4 Å². The van der Waals surface area contributed by atoms with E-state index in [2.05, 4.69) is 5.32 Å². The summed E-state index contributed by atoms with van der Waals surface area (Å²) in [7, 11) is 0. The molecule has 0 aliphatic carbocycles. The van der Waals surface area contributed by atoms with Crippen LogP contribution in [0.4, 0.5) is 5.69 Å².